The first kappa shape index (κ1) is 81.6. The number of aromatic nitrogens is 2. The lowest BCUT2D eigenvalue weighted by molar-refractivity contribution is 0.669. The van der Waals surface area contributed by atoms with Crippen LogP contribution in [0, 0.1) is 0 Å². The highest BCUT2D eigenvalue weighted by atomic mass is 16.3. The van der Waals surface area contributed by atoms with Gasteiger partial charge in [0.15, 0.2) is 0 Å². The van der Waals surface area contributed by atoms with Crippen LogP contribution in [0.2, 0.25) is 0 Å². The Morgan fingerprint density at radius 2 is 0.362 bits per heavy atom. The molecule has 0 aliphatic carbocycles. The van der Waals surface area contributed by atoms with Crippen molar-refractivity contribution in [3.05, 3.63) is 534 Å². The molecule has 0 N–H and O–H groups in total. The Morgan fingerprint density at radius 3 is 0.710 bits per heavy atom. The molecule has 648 valence electrons. The third-order valence-corrected chi connectivity index (χ3v) is 27.3. The molecule has 0 aliphatic rings. The van der Waals surface area contributed by atoms with Crippen molar-refractivity contribution in [3.63, 3.8) is 0 Å². The minimum Gasteiger partial charge on any atom is -0.455 e. The first-order valence-electron chi connectivity index (χ1n) is 47.2. The Balaban J connectivity index is 0.000000146. The van der Waals surface area contributed by atoms with Gasteiger partial charge >= 0.3 is 0 Å². The zero-order valence-electron chi connectivity index (χ0n) is 75.4. The molecular weight excluding hydrogens is 1670 g/mol. The zero-order chi connectivity index (χ0) is 91.4. The van der Waals surface area contributed by atoms with E-state index in [1.165, 1.54) is 110 Å². The van der Waals surface area contributed by atoms with Crippen LogP contribution in [0.3, 0.4) is 0 Å². The molecule has 0 aliphatic heterocycles. The van der Waals surface area contributed by atoms with Crippen LogP contribution in [-0.2, 0) is 0 Å². The SMILES string of the molecule is c1ccc(-c2ccccc2-c2ccc(N(c3ccc(-c4ccccc4-c4ccccc4-n4c5ccccc5c5ccccc54)cc3)c3cccc(-c4cccc5c4oc4ccccc45)c3)cc2)cc1.c1ccc(-c2ccccc2-c2cccc(N(c3ccc(-c4ccccc4-c4ccccc4-n4c5ccccc5c5ccccc54)cc3)c3cccc(-c4cccc5c4oc4ccccc45)c3)c2)cc1. The number of hydrogen-bond donors (Lipinski definition) is 0. The predicted molar refractivity (Wildman–Crippen MR) is 580 cm³/mol. The smallest absolute Gasteiger partial charge is 0.143 e. The van der Waals surface area contributed by atoms with Crippen molar-refractivity contribution in [1.82, 2.24) is 9.13 Å². The van der Waals surface area contributed by atoms with Crippen LogP contribution in [0.5, 0.6) is 0 Å². The van der Waals surface area contributed by atoms with Gasteiger partial charge < -0.3 is 27.8 Å². The van der Waals surface area contributed by atoms with E-state index in [1.54, 1.807) is 0 Å². The number of fused-ring (bicyclic) bond motifs is 12. The molecule has 0 unspecified atom stereocenters. The molecule has 0 amide bonds. The molecule has 0 radical (unpaired) electrons. The number of anilines is 6. The van der Waals surface area contributed by atoms with Gasteiger partial charge in [-0.3, -0.25) is 0 Å². The summed E-state index contributed by atoms with van der Waals surface area (Å²) in [6, 6.07) is 192. The van der Waals surface area contributed by atoms with Gasteiger partial charge in [-0.05, 0) is 210 Å². The molecule has 26 rings (SSSR count). The van der Waals surface area contributed by atoms with E-state index in [0.717, 1.165) is 134 Å². The quantitative estimate of drug-likeness (QED) is 0.0859. The Kier molecular flexibility index (Phi) is 20.9. The summed E-state index contributed by atoms with van der Waals surface area (Å²) in [6.45, 7) is 0. The Bertz CT molecular complexity index is 8980. The summed E-state index contributed by atoms with van der Waals surface area (Å²) in [7, 11) is 0. The van der Waals surface area contributed by atoms with Crippen LogP contribution in [0.25, 0.3) is 210 Å². The summed E-state index contributed by atoms with van der Waals surface area (Å²) in [5, 5.41) is 9.47. The molecule has 4 heterocycles. The lowest BCUT2D eigenvalue weighted by Gasteiger charge is -2.27. The number of nitrogens with zero attached hydrogens (tertiary/aromatic N) is 4. The number of para-hydroxylation sites is 10. The van der Waals surface area contributed by atoms with Crippen LogP contribution in [0.1, 0.15) is 0 Å². The summed E-state index contributed by atoms with van der Waals surface area (Å²) in [4.78, 5) is 4.74. The van der Waals surface area contributed by atoms with Crippen molar-refractivity contribution in [2.45, 2.75) is 0 Å². The fraction of sp³-hybridized carbons (Fsp3) is 0. The van der Waals surface area contributed by atoms with Crippen LogP contribution < -0.4 is 9.80 Å². The average Bonchev–Trinajstić information content (AvgIpc) is 1.57. The van der Waals surface area contributed by atoms with Gasteiger partial charge in [-0.15, -0.1) is 0 Å². The average molecular weight is 1760 g/mol. The zero-order valence-corrected chi connectivity index (χ0v) is 75.4. The van der Waals surface area contributed by atoms with Crippen molar-refractivity contribution < 1.29 is 8.83 Å². The molecule has 22 aromatic carbocycles. The number of furan rings is 2. The third kappa shape index (κ3) is 14.7. The summed E-state index contributed by atoms with van der Waals surface area (Å²) >= 11 is 0. The number of rotatable bonds is 18. The van der Waals surface area contributed by atoms with E-state index in [1.807, 2.05) is 24.3 Å². The van der Waals surface area contributed by atoms with Gasteiger partial charge in [-0.1, -0.05) is 413 Å². The van der Waals surface area contributed by atoms with Gasteiger partial charge in [0, 0.05) is 99.5 Å². The highest BCUT2D eigenvalue weighted by Gasteiger charge is 2.26. The van der Waals surface area contributed by atoms with Crippen LogP contribution in [0.15, 0.2) is 543 Å². The van der Waals surface area contributed by atoms with Gasteiger partial charge in [-0.25, -0.2) is 0 Å². The van der Waals surface area contributed by atoms with Crippen molar-refractivity contribution >= 4 is 122 Å². The maximum Gasteiger partial charge on any atom is 0.143 e. The topological polar surface area (TPSA) is 42.6 Å². The summed E-state index contributed by atoms with van der Waals surface area (Å²) in [5.41, 5.74) is 40.1. The molecule has 0 atom stereocenters. The van der Waals surface area contributed by atoms with Crippen LogP contribution in [0.4, 0.5) is 34.1 Å². The Labute approximate surface area is 800 Å². The van der Waals surface area contributed by atoms with E-state index >= 15 is 0 Å². The third-order valence-electron chi connectivity index (χ3n) is 27.3. The first-order chi connectivity index (χ1) is 68.5. The standard InChI is InChI=1S/2C66H44N2O/c1-2-19-45(20-3-1)52-25-4-5-27-54(52)47-21-16-23-50(43-47)67(51-24-17-22-48(44-51)55-33-18-34-61-60-32-11-15-38-65(60)69-66(55)61)49-41-39-46(40-42-49)53-26-6-7-28-56(53)57-29-8-12-35-62(57)68-63-36-13-9-30-58(63)59-31-10-14-37-64(59)68;1-2-18-45(19-3-1)52-22-4-5-23-53(52)46-36-40-49(41-37-46)67(51-21-16-20-48(44-51)55-30-17-31-61-60-29-11-15-35-65(60)69-66(55)61)50-42-38-47(39-43-50)54-24-6-7-25-56(54)57-26-8-12-32-62(57)68-63-33-13-9-27-58(63)59-28-10-14-34-64(59)68/h2*1-44H. The molecule has 0 spiro atoms. The van der Waals surface area contributed by atoms with Gasteiger partial charge in [-0.2, -0.15) is 0 Å². The Hall–Kier alpha value is -18.4. The Morgan fingerprint density at radius 1 is 0.138 bits per heavy atom. The van der Waals surface area contributed by atoms with E-state index in [-0.39, 0.29) is 0 Å². The fourth-order valence-electron chi connectivity index (χ4n) is 21.0. The maximum atomic E-state index is 6.57. The van der Waals surface area contributed by atoms with Gasteiger partial charge in [0.1, 0.15) is 22.3 Å². The first-order valence-corrected chi connectivity index (χ1v) is 47.2. The fourth-order valence-corrected chi connectivity index (χ4v) is 21.0. The molecule has 6 nitrogen and oxygen atoms in total. The van der Waals surface area contributed by atoms with E-state index in [0.29, 0.717) is 0 Å². The number of benzene rings is 22. The van der Waals surface area contributed by atoms with Crippen molar-refractivity contribution in [1.29, 1.82) is 0 Å². The molecule has 0 saturated heterocycles. The van der Waals surface area contributed by atoms with Crippen molar-refractivity contribution in [2.75, 3.05) is 9.80 Å². The van der Waals surface area contributed by atoms with E-state index in [9.17, 15) is 0 Å². The molecule has 0 fully saturated rings. The molecule has 138 heavy (non-hydrogen) atoms. The minimum absolute atomic E-state index is 0.891. The van der Waals surface area contributed by atoms with Crippen LogP contribution in [-0.4, -0.2) is 9.13 Å². The number of hydrogen-bond acceptors (Lipinski definition) is 4. The molecule has 0 saturated carbocycles. The van der Waals surface area contributed by atoms with Gasteiger partial charge in [0.25, 0.3) is 0 Å². The second-order valence-electron chi connectivity index (χ2n) is 35.2. The maximum absolute atomic E-state index is 6.57. The van der Waals surface area contributed by atoms with Crippen LogP contribution >= 0.6 is 0 Å². The minimum atomic E-state index is 0.891. The molecule has 4 aromatic heterocycles. The molecule has 26 aromatic rings. The van der Waals surface area contributed by atoms with E-state index in [4.69, 9.17) is 8.83 Å². The predicted octanol–water partition coefficient (Wildman–Crippen LogP) is 37.0. The second-order valence-corrected chi connectivity index (χ2v) is 35.2. The highest BCUT2D eigenvalue weighted by molar-refractivity contribution is 6.14. The highest BCUT2D eigenvalue weighted by Crippen LogP contribution is 2.49. The van der Waals surface area contributed by atoms with Gasteiger partial charge in [0.2, 0.25) is 0 Å². The van der Waals surface area contributed by atoms with Gasteiger partial charge in [0.05, 0.1) is 33.4 Å². The summed E-state index contributed by atoms with van der Waals surface area (Å²) in [5.74, 6) is 0. The largest absolute Gasteiger partial charge is 0.455 e. The molecule has 6 heteroatoms. The lowest BCUT2D eigenvalue weighted by atomic mass is 9.93. The summed E-state index contributed by atoms with van der Waals surface area (Å²) < 4.78 is 18.0. The van der Waals surface area contributed by atoms with Crippen molar-refractivity contribution in [2.24, 2.45) is 0 Å². The molecular formula is C132H88N4O2. The second kappa shape index (κ2) is 35.3. The summed E-state index contributed by atoms with van der Waals surface area (Å²) in [6.07, 6.45) is 0. The normalized spacial score (nSPS) is 11.5. The monoisotopic (exact) mass is 1760 g/mol. The van der Waals surface area contributed by atoms with E-state index in [2.05, 4.69) is 529 Å². The van der Waals surface area contributed by atoms with E-state index < -0.39 is 0 Å². The lowest BCUT2D eigenvalue weighted by Crippen LogP contribution is -2.10. The van der Waals surface area contributed by atoms with Crippen molar-refractivity contribution in [3.8, 4) is 123 Å². The molecule has 0 bridgehead atoms.